The van der Waals surface area contributed by atoms with Crippen LogP contribution in [0.2, 0.25) is 0 Å². The highest BCUT2D eigenvalue weighted by atomic mass is 15.1. The summed E-state index contributed by atoms with van der Waals surface area (Å²) in [4.78, 5) is 2.62. The largest absolute Gasteiger partial charge is 0.330 e. The SMILES string of the molecule is CCC(CC)CN(CC)CCCCC(C)(C)CN. The molecule has 2 heteroatoms. The van der Waals surface area contributed by atoms with Crippen LogP contribution in [-0.2, 0) is 0 Å². The van der Waals surface area contributed by atoms with E-state index in [2.05, 4.69) is 39.5 Å². The Balaban J connectivity index is 3.80. The smallest absolute Gasteiger partial charge is 0.000934 e. The molecule has 0 saturated heterocycles. The lowest BCUT2D eigenvalue weighted by Crippen LogP contribution is -2.30. The maximum atomic E-state index is 5.77. The van der Waals surface area contributed by atoms with Gasteiger partial charge in [0.15, 0.2) is 0 Å². The van der Waals surface area contributed by atoms with Gasteiger partial charge in [0.1, 0.15) is 0 Å². The molecule has 0 rings (SSSR count). The molecule has 0 bridgehead atoms. The third-order valence-corrected chi connectivity index (χ3v) is 4.25. The summed E-state index contributed by atoms with van der Waals surface area (Å²) in [6.07, 6.45) is 6.51. The molecular weight excluding hydrogens is 220 g/mol. The zero-order valence-corrected chi connectivity index (χ0v) is 13.5. The van der Waals surface area contributed by atoms with E-state index in [0.717, 1.165) is 12.5 Å². The summed E-state index contributed by atoms with van der Waals surface area (Å²) < 4.78 is 0. The molecule has 0 amide bonds. The van der Waals surface area contributed by atoms with E-state index in [-0.39, 0.29) is 0 Å². The summed E-state index contributed by atoms with van der Waals surface area (Å²) in [5.41, 5.74) is 6.09. The second-order valence-corrected chi connectivity index (χ2v) is 6.40. The molecule has 2 N–H and O–H groups in total. The summed E-state index contributed by atoms with van der Waals surface area (Å²) in [7, 11) is 0. The Morgan fingerprint density at radius 3 is 2.11 bits per heavy atom. The first-order valence-corrected chi connectivity index (χ1v) is 7.91. The van der Waals surface area contributed by atoms with Gasteiger partial charge in [-0.1, -0.05) is 53.9 Å². The molecular formula is C16H36N2. The van der Waals surface area contributed by atoms with Gasteiger partial charge in [0.05, 0.1) is 0 Å². The minimum Gasteiger partial charge on any atom is -0.330 e. The maximum Gasteiger partial charge on any atom is 0.000934 e. The predicted octanol–water partition coefficient (Wildman–Crippen LogP) is 3.90. The van der Waals surface area contributed by atoms with E-state index >= 15 is 0 Å². The number of nitrogens with two attached hydrogens (primary N) is 1. The zero-order chi connectivity index (χ0) is 14.0. The number of nitrogens with zero attached hydrogens (tertiary/aromatic N) is 1. The topological polar surface area (TPSA) is 29.3 Å². The monoisotopic (exact) mass is 256 g/mol. The highest BCUT2D eigenvalue weighted by Crippen LogP contribution is 2.21. The van der Waals surface area contributed by atoms with Crippen LogP contribution in [0.25, 0.3) is 0 Å². The van der Waals surface area contributed by atoms with E-state index in [9.17, 15) is 0 Å². The van der Waals surface area contributed by atoms with Gasteiger partial charge in [-0.3, -0.25) is 0 Å². The third kappa shape index (κ3) is 8.10. The lowest BCUT2D eigenvalue weighted by Gasteiger charge is -2.26. The zero-order valence-electron chi connectivity index (χ0n) is 13.5. The van der Waals surface area contributed by atoms with Crippen molar-refractivity contribution in [1.82, 2.24) is 4.90 Å². The Morgan fingerprint density at radius 2 is 1.67 bits per heavy atom. The summed E-state index contributed by atoms with van der Waals surface area (Å²) in [6.45, 7) is 16.0. The van der Waals surface area contributed by atoms with Crippen molar-refractivity contribution >= 4 is 0 Å². The van der Waals surface area contributed by atoms with Crippen LogP contribution >= 0.6 is 0 Å². The van der Waals surface area contributed by atoms with E-state index in [1.54, 1.807) is 0 Å². The molecule has 0 unspecified atom stereocenters. The molecule has 0 atom stereocenters. The van der Waals surface area contributed by atoms with Gasteiger partial charge >= 0.3 is 0 Å². The van der Waals surface area contributed by atoms with Gasteiger partial charge in [-0.15, -0.1) is 0 Å². The normalized spacial score (nSPS) is 12.7. The van der Waals surface area contributed by atoms with Crippen molar-refractivity contribution < 1.29 is 0 Å². The molecule has 110 valence electrons. The first kappa shape index (κ1) is 17.9. The summed E-state index contributed by atoms with van der Waals surface area (Å²) in [5, 5.41) is 0. The van der Waals surface area contributed by atoms with Crippen LogP contribution in [0, 0.1) is 11.3 Å². The van der Waals surface area contributed by atoms with Crippen LogP contribution in [0.3, 0.4) is 0 Å². The number of unbranched alkanes of at least 4 members (excludes halogenated alkanes) is 1. The standard InChI is InChI=1S/C16H36N2/c1-6-15(7-2)13-18(8-3)12-10-9-11-16(4,5)14-17/h15H,6-14,17H2,1-5H3. The fraction of sp³-hybridized carbons (Fsp3) is 1.00. The summed E-state index contributed by atoms with van der Waals surface area (Å²) in [5.74, 6) is 0.880. The van der Waals surface area contributed by atoms with E-state index < -0.39 is 0 Å². The van der Waals surface area contributed by atoms with Crippen molar-refractivity contribution in [2.75, 3.05) is 26.2 Å². The van der Waals surface area contributed by atoms with Gasteiger partial charge < -0.3 is 10.6 Å². The molecule has 0 saturated carbocycles. The van der Waals surface area contributed by atoms with Crippen molar-refractivity contribution in [2.45, 2.75) is 66.7 Å². The second kappa shape index (κ2) is 9.80. The van der Waals surface area contributed by atoms with Crippen molar-refractivity contribution in [2.24, 2.45) is 17.1 Å². The number of hydrogen-bond donors (Lipinski definition) is 1. The predicted molar refractivity (Wildman–Crippen MR) is 82.9 cm³/mol. The molecule has 0 aliphatic rings. The number of rotatable bonds is 11. The summed E-state index contributed by atoms with van der Waals surface area (Å²) >= 11 is 0. The minimum atomic E-state index is 0.326. The van der Waals surface area contributed by atoms with Crippen LogP contribution in [0.15, 0.2) is 0 Å². The quantitative estimate of drug-likeness (QED) is 0.568. The first-order valence-electron chi connectivity index (χ1n) is 7.91. The van der Waals surface area contributed by atoms with Gasteiger partial charge in [-0.25, -0.2) is 0 Å². The van der Waals surface area contributed by atoms with E-state index in [1.807, 2.05) is 0 Å². The Bertz CT molecular complexity index is 186. The van der Waals surface area contributed by atoms with Crippen molar-refractivity contribution in [1.29, 1.82) is 0 Å². The average Bonchev–Trinajstić information content (AvgIpc) is 2.38. The molecule has 0 spiro atoms. The molecule has 0 fully saturated rings. The highest BCUT2D eigenvalue weighted by molar-refractivity contribution is 4.70. The van der Waals surface area contributed by atoms with Crippen LogP contribution < -0.4 is 5.73 Å². The molecule has 0 aliphatic heterocycles. The lowest BCUT2D eigenvalue weighted by molar-refractivity contribution is 0.223. The number of hydrogen-bond acceptors (Lipinski definition) is 2. The van der Waals surface area contributed by atoms with Crippen LogP contribution in [0.1, 0.15) is 66.7 Å². The molecule has 0 radical (unpaired) electrons. The highest BCUT2D eigenvalue weighted by Gasteiger charge is 2.15. The van der Waals surface area contributed by atoms with Crippen molar-refractivity contribution in [3.8, 4) is 0 Å². The van der Waals surface area contributed by atoms with Gasteiger partial charge in [0, 0.05) is 6.54 Å². The van der Waals surface area contributed by atoms with Gasteiger partial charge in [-0.2, -0.15) is 0 Å². The van der Waals surface area contributed by atoms with E-state index in [1.165, 1.54) is 51.7 Å². The van der Waals surface area contributed by atoms with Crippen LogP contribution in [0.5, 0.6) is 0 Å². The van der Waals surface area contributed by atoms with Crippen molar-refractivity contribution in [3.05, 3.63) is 0 Å². The Morgan fingerprint density at radius 1 is 1.06 bits per heavy atom. The summed E-state index contributed by atoms with van der Waals surface area (Å²) in [6, 6.07) is 0. The Kier molecular flexibility index (Phi) is 9.76. The van der Waals surface area contributed by atoms with E-state index in [4.69, 9.17) is 5.73 Å². The Labute approximate surface area is 115 Å². The molecule has 0 aromatic rings. The molecule has 2 nitrogen and oxygen atoms in total. The minimum absolute atomic E-state index is 0.326. The molecule has 0 aromatic carbocycles. The fourth-order valence-electron chi connectivity index (χ4n) is 2.33. The van der Waals surface area contributed by atoms with Crippen molar-refractivity contribution in [3.63, 3.8) is 0 Å². The van der Waals surface area contributed by atoms with Gasteiger partial charge in [0.2, 0.25) is 0 Å². The van der Waals surface area contributed by atoms with Crippen LogP contribution in [-0.4, -0.2) is 31.1 Å². The molecule has 18 heavy (non-hydrogen) atoms. The maximum absolute atomic E-state index is 5.77. The van der Waals surface area contributed by atoms with Crippen LogP contribution in [0.4, 0.5) is 0 Å². The molecule has 0 aliphatic carbocycles. The van der Waals surface area contributed by atoms with E-state index in [0.29, 0.717) is 5.41 Å². The third-order valence-electron chi connectivity index (χ3n) is 4.25. The molecule has 0 aromatic heterocycles. The average molecular weight is 256 g/mol. The second-order valence-electron chi connectivity index (χ2n) is 6.40. The lowest BCUT2D eigenvalue weighted by atomic mass is 9.87. The fourth-order valence-corrected chi connectivity index (χ4v) is 2.33. The van der Waals surface area contributed by atoms with Gasteiger partial charge in [-0.05, 0) is 43.8 Å². The van der Waals surface area contributed by atoms with Gasteiger partial charge in [0.25, 0.3) is 0 Å². The Hall–Kier alpha value is -0.0800. The molecule has 0 heterocycles. The first-order chi connectivity index (χ1) is 8.49.